The Hall–Kier alpha value is -2.54. The molecule has 11 heteroatoms. The first-order valence-electron chi connectivity index (χ1n) is 16.8. The molecule has 0 aromatic carbocycles. The first kappa shape index (κ1) is 30.5. The molecule has 4 saturated heterocycles. The van der Waals surface area contributed by atoms with Crippen LogP contribution in [-0.4, -0.2) is 51.6 Å². The number of hydrogen-bond acceptors (Lipinski definition) is 4. The summed E-state index contributed by atoms with van der Waals surface area (Å²) in [6.45, 7) is 8.46. The second-order valence-corrected chi connectivity index (χ2v) is 14.3. The topological polar surface area (TPSA) is 71.3 Å². The molecule has 8 rings (SSSR count). The fourth-order valence-corrected chi connectivity index (χ4v) is 10.6. The molecule has 4 bridgehead atoms. The number of hydrogen-bond donors (Lipinski definition) is 0. The van der Waals surface area contributed by atoms with Gasteiger partial charge < -0.3 is 18.4 Å². The fraction of sp³-hybridized carbons (Fsp3) is 0.625. The predicted octanol–water partition coefficient (Wildman–Crippen LogP) is 7.28. The molecule has 0 N–H and O–H groups in total. The molecule has 8 nitrogen and oxygen atoms in total. The summed E-state index contributed by atoms with van der Waals surface area (Å²) in [7, 11) is 0. The van der Waals surface area contributed by atoms with Gasteiger partial charge in [-0.05, 0) is 76.2 Å². The fourth-order valence-electron chi connectivity index (χ4n) is 10.6. The summed E-state index contributed by atoms with van der Waals surface area (Å²) in [5, 5.41) is 19.3. The summed E-state index contributed by atoms with van der Waals surface area (Å²) < 4.78 is 9.26. The van der Waals surface area contributed by atoms with Crippen LogP contribution >= 0.6 is 0 Å². The molecule has 0 unspecified atom stereocenters. The standard InChI is InChI=1S/2C16H24BN4.Ni/c1-13-10-12-20(19-13)17(21-14(2)9-11-18-21)15-5-3-6-16(17)8-4-7-15;1-13-9-11-20(18-13)17(21-12-10-14(2)19-21)15-5-3-6-16(17)8-4-7-15;/h2*9-12,15-16H,3-8H2,1-2H3;/q2*-1;+2. The molecule has 8 heterocycles. The van der Waals surface area contributed by atoms with E-state index in [1.165, 1.54) is 82.7 Å². The van der Waals surface area contributed by atoms with Gasteiger partial charge in [-0.2, -0.15) is 0 Å². The van der Waals surface area contributed by atoms with Crippen LogP contribution in [0, 0.1) is 27.7 Å². The number of nitrogens with zero attached hydrogens (tertiary/aromatic N) is 8. The third kappa shape index (κ3) is 4.89. The molecule has 43 heavy (non-hydrogen) atoms. The summed E-state index contributed by atoms with van der Waals surface area (Å²) >= 11 is 0. The molecule has 4 aliphatic heterocycles. The van der Waals surface area contributed by atoms with Gasteiger partial charge in [-0.15, -0.1) is 23.3 Å². The second kappa shape index (κ2) is 12.1. The van der Waals surface area contributed by atoms with Crippen LogP contribution < -0.4 is 0 Å². The SMILES string of the molecule is Cc1ccn([B-]2(n3ccc(C)n3)C3CCCC2CCC3)n1.Cc1ccn([B-]2(n3nccc3C)C3CCCC2CCC3)n1.[Ni+2]. The van der Waals surface area contributed by atoms with E-state index < -0.39 is 12.8 Å². The Bertz CT molecular complexity index is 1430. The smallest absolute Gasteiger partial charge is 0.422 e. The second-order valence-electron chi connectivity index (χ2n) is 14.3. The zero-order valence-electron chi connectivity index (χ0n) is 26.5. The molecule has 0 spiro atoms. The molecule has 0 amide bonds. The van der Waals surface area contributed by atoms with Gasteiger partial charge in [0.2, 0.25) is 12.8 Å². The maximum atomic E-state index is 4.87. The van der Waals surface area contributed by atoms with E-state index in [-0.39, 0.29) is 16.5 Å². The Morgan fingerprint density at radius 2 is 0.884 bits per heavy atom. The van der Waals surface area contributed by atoms with Crippen molar-refractivity contribution in [1.82, 2.24) is 38.8 Å². The van der Waals surface area contributed by atoms with Crippen LogP contribution in [-0.2, 0) is 16.5 Å². The molecule has 4 aliphatic rings. The van der Waals surface area contributed by atoms with Crippen molar-refractivity contribution >= 4 is 12.8 Å². The van der Waals surface area contributed by atoms with Crippen molar-refractivity contribution in [2.75, 3.05) is 0 Å². The molecule has 0 radical (unpaired) electrons. The van der Waals surface area contributed by atoms with Gasteiger partial charge >= 0.3 is 16.5 Å². The van der Waals surface area contributed by atoms with E-state index in [9.17, 15) is 0 Å². The van der Waals surface area contributed by atoms with Crippen LogP contribution in [0.4, 0.5) is 0 Å². The van der Waals surface area contributed by atoms with Crippen molar-refractivity contribution in [2.45, 2.75) is 128 Å². The number of aryl methyl sites for hydroxylation is 4. The van der Waals surface area contributed by atoms with E-state index in [4.69, 9.17) is 20.4 Å². The Labute approximate surface area is 267 Å². The van der Waals surface area contributed by atoms with E-state index in [2.05, 4.69) is 88.9 Å². The summed E-state index contributed by atoms with van der Waals surface area (Å²) in [5.41, 5.74) is 4.62. The molecule has 4 fully saturated rings. The van der Waals surface area contributed by atoms with Gasteiger partial charge in [0.1, 0.15) is 0 Å². The van der Waals surface area contributed by atoms with Gasteiger partial charge in [0.25, 0.3) is 0 Å². The normalized spacial score (nSPS) is 29.3. The molecule has 4 aromatic rings. The van der Waals surface area contributed by atoms with Crippen LogP contribution in [0.5, 0.6) is 0 Å². The zero-order valence-corrected chi connectivity index (χ0v) is 27.4. The van der Waals surface area contributed by atoms with Gasteiger partial charge in [-0.3, -0.25) is 0 Å². The van der Waals surface area contributed by atoms with Crippen LogP contribution in [0.15, 0.2) is 49.1 Å². The van der Waals surface area contributed by atoms with Crippen molar-refractivity contribution in [3.8, 4) is 0 Å². The number of fused-ring (bicyclic) bond motifs is 4. The van der Waals surface area contributed by atoms with Gasteiger partial charge in [0, 0.05) is 6.20 Å². The van der Waals surface area contributed by atoms with Crippen LogP contribution in [0.3, 0.4) is 0 Å². The Balaban J connectivity index is 0.000000150. The zero-order chi connectivity index (χ0) is 28.9. The molecule has 0 saturated carbocycles. The minimum atomic E-state index is -0.913. The van der Waals surface area contributed by atoms with Gasteiger partial charge in [-0.25, -0.2) is 20.4 Å². The van der Waals surface area contributed by atoms with Crippen molar-refractivity contribution in [3.63, 3.8) is 0 Å². The summed E-state index contributed by atoms with van der Waals surface area (Å²) in [4.78, 5) is 0. The summed E-state index contributed by atoms with van der Waals surface area (Å²) in [6, 6.07) is 8.57. The quantitative estimate of drug-likeness (QED) is 0.224. The maximum absolute atomic E-state index is 4.87. The van der Waals surface area contributed by atoms with E-state index in [1.807, 2.05) is 6.20 Å². The Morgan fingerprint density at radius 1 is 0.535 bits per heavy atom. The molecule has 232 valence electrons. The molecular weight excluding hydrogens is 577 g/mol. The maximum Gasteiger partial charge on any atom is 2.00 e. The monoisotopic (exact) mass is 624 g/mol. The molecule has 0 aliphatic carbocycles. The average molecular weight is 625 g/mol. The third-order valence-corrected chi connectivity index (χ3v) is 12.1. The minimum Gasteiger partial charge on any atom is -0.422 e. The van der Waals surface area contributed by atoms with Crippen LogP contribution in [0.25, 0.3) is 0 Å². The predicted molar refractivity (Wildman–Crippen MR) is 171 cm³/mol. The van der Waals surface area contributed by atoms with Crippen LogP contribution in [0.2, 0.25) is 23.3 Å². The largest absolute Gasteiger partial charge is 2.00 e. The van der Waals surface area contributed by atoms with Gasteiger partial charge in [0.05, 0.1) is 17.1 Å². The average Bonchev–Trinajstić information content (AvgIpc) is 3.77. The molecule has 4 aromatic heterocycles. The molecular formula is C32H48B2N8Ni. The summed E-state index contributed by atoms with van der Waals surface area (Å²) in [6.07, 6.45) is 22.9. The van der Waals surface area contributed by atoms with E-state index in [1.54, 1.807) is 0 Å². The number of aromatic nitrogens is 8. The van der Waals surface area contributed by atoms with Gasteiger partial charge in [-0.1, -0.05) is 77.0 Å². The van der Waals surface area contributed by atoms with Crippen LogP contribution in [0.1, 0.15) is 99.8 Å². The van der Waals surface area contributed by atoms with E-state index >= 15 is 0 Å². The van der Waals surface area contributed by atoms with Crippen molar-refractivity contribution in [1.29, 1.82) is 0 Å². The third-order valence-electron chi connectivity index (χ3n) is 12.1. The van der Waals surface area contributed by atoms with E-state index in [0.29, 0.717) is 0 Å². The van der Waals surface area contributed by atoms with Crippen molar-refractivity contribution in [2.24, 2.45) is 0 Å². The Kier molecular flexibility index (Phi) is 8.58. The number of rotatable bonds is 4. The summed E-state index contributed by atoms with van der Waals surface area (Å²) in [5.74, 6) is 2.87. The van der Waals surface area contributed by atoms with Gasteiger partial charge in [0.15, 0.2) is 0 Å². The van der Waals surface area contributed by atoms with Crippen molar-refractivity contribution in [3.05, 3.63) is 71.8 Å². The van der Waals surface area contributed by atoms with Crippen molar-refractivity contribution < 1.29 is 16.5 Å². The first-order chi connectivity index (χ1) is 20.4. The Morgan fingerprint density at radius 3 is 1.19 bits per heavy atom. The molecule has 0 atom stereocenters. The minimum absolute atomic E-state index is 0. The first-order valence-corrected chi connectivity index (χ1v) is 16.8. The van der Waals surface area contributed by atoms with E-state index in [0.717, 1.165) is 40.4 Å².